The fraction of sp³-hybridized carbons (Fsp3) is 0.385. The summed E-state index contributed by atoms with van der Waals surface area (Å²) >= 11 is 0. The normalized spacial score (nSPS) is 11.7. The molecule has 19 heavy (non-hydrogen) atoms. The van der Waals surface area contributed by atoms with E-state index in [1.54, 1.807) is 0 Å². The third kappa shape index (κ3) is 4.97. The minimum atomic E-state index is -1.29. The van der Waals surface area contributed by atoms with Crippen LogP contribution in [-0.2, 0) is 17.8 Å². The Morgan fingerprint density at radius 1 is 1.21 bits per heavy atom. The van der Waals surface area contributed by atoms with E-state index >= 15 is 0 Å². The number of aryl methyl sites for hydroxylation is 1. The van der Waals surface area contributed by atoms with Crippen LogP contribution in [0.25, 0.3) is 0 Å². The Labute approximate surface area is 111 Å². The number of rotatable bonds is 6. The molecule has 0 aromatic heterocycles. The van der Waals surface area contributed by atoms with Crippen molar-refractivity contribution < 1.29 is 19.8 Å². The molecule has 0 fully saturated rings. The van der Waals surface area contributed by atoms with E-state index in [-0.39, 0.29) is 0 Å². The van der Waals surface area contributed by atoms with Gasteiger partial charge in [0.15, 0.2) is 6.04 Å². The van der Waals surface area contributed by atoms with Gasteiger partial charge in [0.05, 0.1) is 6.61 Å². The summed E-state index contributed by atoms with van der Waals surface area (Å²) in [7, 11) is 0. The molecule has 0 saturated heterocycles. The van der Waals surface area contributed by atoms with Gasteiger partial charge in [0.1, 0.15) is 0 Å². The third-order valence-electron chi connectivity index (χ3n) is 2.67. The number of aliphatic hydroxyl groups is 1. The van der Waals surface area contributed by atoms with Gasteiger partial charge in [-0.25, -0.2) is 9.59 Å². The van der Waals surface area contributed by atoms with Crippen molar-refractivity contribution in [1.29, 1.82) is 0 Å². The number of aliphatic hydroxyl groups excluding tert-OH is 1. The monoisotopic (exact) mass is 266 g/mol. The average molecular weight is 266 g/mol. The van der Waals surface area contributed by atoms with Gasteiger partial charge in [-0.2, -0.15) is 0 Å². The van der Waals surface area contributed by atoms with Crippen molar-refractivity contribution in [2.24, 2.45) is 0 Å². The molecular weight excluding hydrogens is 248 g/mol. The summed E-state index contributed by atoms with van der Waals surface area (Å²) in [6.45, 7) is 1.71. The smallest absolute Gasteiger partial charge is 0.328 e. The minimum absolute atomic E-state index is 0.299. The Bertz CT molecular complexity index is 431. The Morgan fingerprint density at radius 3 is 2.26 bits per heavy atom. The van der Waals surface area contributed by atoms with Crippen LogP contribution in [0.4, 0.5) is 4.79 Å². The molecule has 1 rings (SSSR count). The number of hydrogen-bond donors (Lipinski definition) is 4. The highest BCUT2D eigenvalue weighted by Crippen LogP contribution is 2.04. The average Bonchev–Trinajstić information content (AvgIpc) is 2.42. The summed E-state index contributed by atoms with van der Waals surface area (Å²) in [4.78, 5) is 22.0. The third-order valence-corrected chi connectivity index (χ3v) is 2.67. The lowest BCUT2D eigenvalue weighted by Gasteiger charge is -2.12. The zero-order chi connectivity index (χ0) is 14.3. The van der Waals surface area contributed by atoms with Crippen LogP contribution in [-0.4, -0.2) is 34.9 Å². The van der Waals surface area contributed by atoms with Crippen molar-refractivity contribution in [3.05, 3.63) is 35.4 Å². The van der Waals surface area contributed by atoms with Crippen molar-refractivity contribution in [3.63, 3.8) is 0 Å². The minimum Gasteiger partial charge on any atom is -0.480 e. The summed E-state index contributed by atoms with van der Waals surface area (Å²) in [5, 5.41) is 22.1. The SMILES string of the molecule is CCc1ccc(CNC(=O)N[C@H](CO)C(=O)O)cc1. The zero-order valence-electron chi connectivity index (χ0n) is 10.7. The molecule has 104 valence electrons. The van der Waals surface area contributed by atoms with Crippen LogP contribution in [0.15, 0.2) is 24.3 Å². The van der Waals surface area contributed by atoms with Crippen molar-refractivity contribution in [1.82, 2.24) is 10.6 Å². The van der Waals surface area contributed by atoms with E-state index < -0.39 is 24.6 Å². The number of carbonyl (C=O) groups is 2. The Hall–Kier alpha value is -2.08. The van der Waals surface area contributed by atoms with Crippen LogP contribution in [0.5, 0.6) is 0 Å². The highest BCUT2D eigenvalue weighted by Gasteiger charge is 2.18. The molecule has 1 atom stereocenters. The van der Waals surface area contributed by atoms with Crippen LogP contribution >= 0.6 is 0 Å². The molecule has 4 N–H and O–H groups in total. The second-order valence-electron chi connectivity index (χ2n) is 4.07. The molecule has 6 nitrogen and oxygen atoms in total. The first-order valence-corrected chi connectivity index (χ1v) is 6.02. The Morgan fingerprint density at radius 2 is 1.79 bits per heavy atom. The zero-order valence-corrected chi connectivity index (χ0v) is 10.7. The van der Waals surface area contributed by atoms with Crippen LogP contribution < -0.4 is 10.6 Å². The van der Waals surface area contributed by atoms with Crippen LogP contribution in [0.3, 0.4) is 0 Å². The fourth-order valence-electron chi connectivity index (χ4n) is 1.47. The molecule has 0 heterocycles. The largest absolute Gasteiger partial charge is 0.480 e. The van der Waals surface area contributed by atoms with Gasteiger partial charge >= 0.3 is 12.0 Å². The molecule has 0 aliphatic rings. The number of urea groups is 1. The van der Waals surface area contributed by atoms with Crippen molar-refractivity contribution >= 4 is 12.0 Å². The first-order valence-electron chi connectivity index (χ1n) is 6.02. The molecule has 0 radical (unpaired) electrons. The van der Waals surface area contributed by atoms with E-state index in [9.17, 15) is 9.59 Å². The van der Waals surface area contributed by atoms with E-state index in [0.717, 1.165) is 12.0 Å². The summed E-state index contributed by atoms with van der Waals surface area (Å²) in [6.07, 6.45) is 0.949. The maximum absolute atomic E-state index is 11.4. The lowest BCUT2D eigenvalue weighted by molar-refractivity contribution is -0.140. The van der Waals surface area contributed by atoms with Crippen LogP contribution in [0.1, 0.15) is 18.1 Å². The summed E-state index contributed by atoms with van der Waals surface area (Å²) in [6, 6.07) is 5.84. The topological polar surface area (TPSA) is 98.7 Å². The van der Waals surface area contributed by atoms with E-state index in [0.29, 0.717) is 6.54 Å². The molecule has 0 bridgehead atoms. The lowest BCUT2D eigenvalue weighted by atomic mass is 10.1. The van der Waals surface area contributed by atoms with Gasteiger partial charge in [-0.3, -0.25) is 0 Å². The number of carboxylic acid groups (broad SMARTS) is 1. The quantitative estimate of drug-likeness (QED) is 0.602. The molecule has 0 spiro atoms. The maximum atomic E-state index is 11.4. The molecule has 0 saturated carbocycles. The predicted octanol–water partition coefficient (Wildman–Crippen LogP) is 0.494. The van der Waals surface area contributed by atoms with Crippen LogP contribution in [0, 0.1) is 0 Å². The molecular formula is C13H18N2O4. The van der Waals surface area contributed by atoms with Gasteiger partial charge in [-0.05, 0) is 17.5 Å². The molecule has 0 aliphatic heterocycles. The van der Waals surface area contributed by atoms with E-state index in [1.165, 1.54) is 5.56 Å². The first-order chi connectivity index (χ1) is 9.06. The fourth-order valence-corrected chi connectivity index (χ4v) is 1.47. The van der Waals surface area contributed by atoms with Gasteiger partial charge in [0.25, 0.3) is 0 Å². The highest BCUT2D eigenvalue weighted by atomic mass is 16.4. The van der Waals surface area contributed by atoms with Gasteiger partial charge < -0.3 is 20.8 Å². The number of carbonyl (C=O) groups excluding carboxylic acids is 1. The molecule has 1 aromatic carbocycles. The second-order valence-corrected chi connectivity index (χ2v) is 4.07. The van der Waals surface area contributed by atoms with Crippen molar-refractivity contribution in [2.75, 3.05) is 6.61 Å². The number of amides is 2. The highest BCUT2D eigenvalue weighted by molar-refractivity contribution is 5.82. The van der Waals surface area contributed by atoms with Gasteiger partial charge in [0.2, 0.25) is 0 Å². The molecule has 1 aromatic rings. The molecule has 0 aliphatic carbocycles. The van der Waals surface area contributed by atoms with Crippen LogP contribution in [0.2, 0.25) is 0 Å². The van der Waals surface area contributed by atoms with Gasteiger partial charge in [-0.1, -0.05) is 31.2 Å². The van der Waals surface area contributed by atoms with E-state index in [2.05, 4.69) is 17.6 Å². The predicted molar refractivity (Wildman–Crippen MR) is 69.7 cm³/mol. The Kier molecular flexibility index (Phi) is 5.81. The summed E-state index contributed by atoms with van der Waals surface area (Å²) < 4.78 is 0. The molecule has 2 amide bonds. The standard InChI is InChI=1S/C13H18N2O4/c1-2-9-3-5-10(6-4-9)7-14-13(19)15-11(8-16)12(17)18/h3-6,11,16H,2,7-8H2,1H3,(H,17,18)(H2,14,15,19)/t11-/m1/s1. The maximum Gasteiger partial charge on any atom is 0.328 e. The van der Waals surface area contributed by atoms with E-state index in [4.69, 9.17) is 10.2 Å². The number of aliphatic carboxylic acids is 1. The number of hydrogen-bond acceptors (Lipinski definition) is 3. The number of nitrogens with one attached hydrogen (secondary N) is 2. The Balaban J connectivity index is 2.42. The van der Waals surface area contributed by atoms with Gasteiger partial charge in [-0.15, -0.1) is 0 Å². The van der Waals surface area contributed by atoms with E-state index in [1.807, 2.05) is 24.3 Å². The first kappa shape index (κ1) is 15.0. The van der Waals surface area contributed by atoms with Crippen molar-refractivity contribution in [2.45, 2.75) is 25.9 Å². The summed E-state index contributed by atoms with van der Waals surface area (Å²) in [5.41, 5.74) is 2.13. The lowest BCUT2D eigenvalue weighted by Crippen LogP contribution is -2.47. The number of benzene rings is 1. The molecule has 6 heteroatoms. The van der Waals surface area contributed by atoms with Gasteiger partial charge in [0, 0.05) is 6.54 Å². The molecule has 0 unspecified atom stereocenters. The number of carboxylic acids is 1. The second kappa shape index (κ2) is 7.38. The summed E-state index contributed by atoms with van der Waals surface area (Å²) in [5.74, 6) is -1.27. The van der Waals surface area contributed by atoms with Crippen molar-refractivity contribution in [3.8, 4) is 0 Å².